The summed E-state index contributed by atoms with van der Waals surface area (Å²) < 4.78 is 0. The van der Waals surface area contributed by atoms with Gasteiger partial charge in [-0.1, -0.05) is 98.0 Å². The molecule has 1 saturated carbocycles. The van der Waals surface area contributed by atoms with E-state index in [1.165, 1.54) is 49.4 Å². The van der Waals surface area contributed by atoms with E-state index in [2.05, 4.69) is 42.6 Å². The monoisotopic (exact) mass is 510 g/mol. The molecular formula is C32H34N2O2S. The summed E-state index contributed by atoms with van der Waals surface area (Å²) in [4.78, 5) is 30.0. The number of hydrogen-bond acceptors (Lipinski definition) is 3. The van der Waals surface area contributed by atoms with Crippen LogP contribution >= 0.6 is 11.8 Å². The third-order valence-corrected chi connectivity index (χ3v) is 8.28. The molecule has 5 rings (SSSR count). The van der Waals surface area contributed by atoms with Gasteiger partial charge in [0, 0.05) is 16.5 Å². The lowest BCUT2D eigenvalue weighted by atomic mass is 9.96. The van der Waals surface area contributed by atoms with Crippen molar-refractivity contribution in [2.45, 2.75) is 69.4 Å². The van der Waals surface area contributed by atoms with E-state index in [-0.39, 0.29) is 17.9 Å². The molecule has 1 fully saturated rings. The standard InChI is InChI=1S/C32H34N2O2S/c1-23-13-15-25(16-14-23)22-34-28-11-7-8-12-29(28)37-30(32(34)36)21-24-17-19-26(20-18-24)31(35)33-27-9-5-3-2-4-6-10-27/h7-8,11-21,27H,2-6,9-10,22H2,1H3,(H,33,35). The quantitative estimate of drug-likeness (QED) is 0.361. The minimum absolute atomic E-state index is 0.00428. The molecule has 0 radical (unpaired) electrons. The van der Waals surface area contributed by atoms with Crippen LogP contribution in [0.1, 0.15) is 72.0 Å². The fraction of sp³-hybridized carbons (Fsp3) is 0.312. The molecule has 0 bridgehead atoms. The van der Waals surface area contributed by atoms with Crippen LogP contribution in [0.2, 0.25) is 0 Å². The average molecular weight is 511 g/mol. The van der Waals surface area contributed by atoms with E-state index >= 15 is 0 Å². The van der Waals surface area contributed by atoms with Crippen molar-refractivity contribution in [2.75, 3.05) is 4.90 Å². The highest BCUT2D eigenvalue weighted by atomic mass is 32.2. The van der Waals surface area contributed by atoms with Crippen LogP contribution in [0.4, 0.5) is 5.69 Å². The third-order valence-electron chi connectivity index (χ3n) is 7.20. The van der Waals surface area contributed by atoms with Crippen LogP contribution in [-0.2, 0) is 11.3 Å². The predicted molar refractivity (Wildman–Crippen MR) is 153 cm³/mol. The first-order valence-corrected chi connectivity index (χ1v) is 14.2. The summed E-state index contributed by atoms with van der Waals surface area (Å²) in [6, 6.07) is 24.2. The van der Waals surface area contributed by atoms with E-state index < -0.39 is 0 Å². The molecule has 0 spiro atoms. The summed E-state index contributed by atoms with van der Waals surface area (Å²) in [5, 5.41) is 3.23. The Morgan fingerprint density at radius 3 is 2.32 bits per heavy atom. The van der Waals surface area contributed by atoms with Crippen LogP contribution in [0.15, 0.2) is 82.6 Å². The smallest absolute Gasteiger partial charge is 0.265 e. The fourth-order valence-electron chi connectivity index (χ4n) is 5.05. The van der Waals surface area contributed by atoms with Gasteiger partial charge in [0.05, 0.1) is 17.1 Å². The molecular weight excluding hydrogens is 476 g/mol. The molecule has 3 aromatic rings. The molecule has 5 heteroatoms. The maximum atomic E-state index is 13.6. The zero-order valence-electron chi connectivity index (χ0n) is 21.4. The first-order valence-electron chi connectivity index (χ1n) is 13.3. The minimum atomic E-state index is -0.00825. The van der Waals surface area contributed by atoms with Crippen molar-refractivity contribution in [3.05, 3.63) is 100.0 Å². The summed E-state index contributed by atoms with van der Waals surface area (Å²) >= 11 is 1.50. The number of para-hydroxylation sites is 1. The van der Waals surface area contributed by atoms with Gasteiger partial charge in [0.2, 0.25) is 0 Å². The molecule has 3 aromatic carbocycles. The highest BCUT2D eigenvalue weighted by Gasteiger charge is 2.29. The molecule has 37 heavy (non-hydrogen) atoms. The number of benzene rings is 3. The Labute approximate surface area is 224 Å². The number of carbonyl (C=O) groups is 2. The topological polar surface area (TPSA) is 49.4 Å². The summed E-state index contributed by atoms with van der Waals surface area (Å²) in [5.74, 6) is -0.0125. The van der Waals surface area contributed by atoms with E-state index in [1.807, 2.05) is 53.4 Å². The molecule has 0 aromatic heterocycles. The summed E-state index contributed by atoms with van der Waals surface area (Å²) in [7, 11) is 0. The van der Waals surface area contributed by atoms with E-state index in [9.17, 15) is 9.59 Å². The van der Waals surface area contributed by atoms with E-state index in [0.29, 0.717) is 17.0 Å². The Hall–Kier alpha value is -3.31. The minimum Gasteiger partial charge on any atom is -0.349 e. The van der Waals surface area contributed by atoms with E-state index in [0.717, 1.165) is 34.6 Å². The third kappa shape index (κ3) is 6.34. The number of rotatable bonds is 5. The van der Waals surface area contributed by atoms with Crippen LogP contribution < -0.4 is 10.2 Å². The van der Waals surface area contributed by atoms with Gasteiger partial charge in [-0.2, -0.15) is 0 Å². The molecule has 2 aliphatic rings. The maximum Gasteiger partial charge on any atom is 0.265 e. The molecule has 0 saturated heterocycles. The lowest BCUT2D eigenvalue weighted by Crippen LogP contribution is -2.35. The predicted octanol–water partition coefficient (Wildman–Crippen LogP) is 7.52. The van der Waals surface area contributed by atoms with Gasteiger partial charge in [-0.15, -0.1) is 0 Å². The van der Waals surface area contributed by atoms with Crippen LogP contribution in [0.3, 0.4) is 0 Å². The second-order valence-corrected chi connectivity index (χ2v) is 11.2. The van der Waals surface area contributed by atoms with Crippen molar-refractivity contribution in [1.29, 1.82) is 0 Å². The number of fused-ring (bicyclic) bond motifs is 1. The first-order chi connectivity index (χ1) is 18.1. The number of hydrogen-bond donors (Lipinski definition) is 1. The van der Waals surface area contributed by atoms with Crippen molar-refractivity contribution in [3.8, 4) is 0 Å². The van der Waals surface area contributed by atoms with Gasteiger partial charge in [0.15, 0.2) is 0 Å². The Morgan fingerprint density at radius 1 is 0.919 bits per heavy atom. The molecule has 1 aliphatic heterocycles. The molecule has 0 unspecified atom stereocenters. The lowest BCUT2D eigenvalue weighted by molar-refractivity contribution is -0.114. The zero-order valence-corrected chi connectivity index (χ0v) is 22.2. The van der Waals surface area contributed by atoms with E-state index in [1.54, 1.807) is 0 Å². The van der Waals surface area contributed by atoms with Crippen LogP contribution in [0, 0.1) is 6.92 Å². The van der Waals surface area contributed by atoms with Crippen LogP contribution in [0.25, 0.3) is 6.08 Å². The fourth-order valence-corrected chi connectivity index (χ4v) is 6.11. The van der Waals surface area contributed by atoms with Gasteiger partial charge in [-0.3, -0.25) is 9.59 Å². The van der Waals surface area contributed by atoms with Gasteiger partial charge in [-0.05, 0) is 61.2 Å². The number of amides is 2. The van der Waals surface area contributed by atoms with Gasteiger partial charge >= 0.3 is 0 Å². The number of nitrogens with zero attached hydrogens (tertiary/aromatic N) is 1. The van der Waals surface area contributed by atoms with Crippen molar-refractivity contribution in [1.82, 2.24) is 5.32 Å². The Morgan fingerprint density at radius 2 is 1.59 bits per heavy atom. The largest absolute Gasteiger partial charge is 0.349 e. The van der Waals surface area contributed by atoms with Crippen LogP contribution in [0.5, 0.6) is 0 Å². The number of anilines is 1. The highest BCUT2D eigenvalue weighted by molar-refractivity contribution is 8.04. The molecule has 190 valence electrons. The summed E-state index contributed by atoms with van der Waals surface area (Å²) in [6.07, 6.45) is 10.3. The lowest BCUT2D eigenvalue weighted by Gasteiger charge is -2.30. The molecule has 1 N–H and O–H groups in total. The SMILES string of the molecule is Cc1ccc(CN2C(=O)C(=Cc3ccc(C(=O)NC4CCCCCCC4)cc3)Sc3ccccc32)cc1. The first kappa shape index (κ1) is 25.3. The molecule has 1 aliphatic carbocycles. The Bertz CT molecular complexity index is 1270. The summed E-state index contributed by atoms with van der Waals surface area (Å²) in [6.45, 7) is 2.59. The molecule has 1 heterocycles. The van der Waals surface area contributed by atoms with Crippen molar-refractivity contribution < 1.29 is 9.59 Å². The second-order valence-electron chi connectivity index (χ2n) is 10.1. The summed E-state index contributed by atoms with van der Waals surface area (Å²) in [5.41, 5.74) is 4.81. The number of thioether (sulfide) groups is 1. The second kappa shape index (κ2) is 11.8. The Balaban J connectivity index is 1.32. The number of carbonyl (C=O) groups excluding carboxylic acids is 2. The van der Waals surface area contributed by atoms with Gasteiger partial charge in [-0.25, -0.2) is 0 Å². The van der Waals surface area contributed by atoms with Gasteiger partial charge < -0.3 is 10.2 Å². The molecule has 4 nitrogen and oxygen atoms in total. The maximum absolute atomic E-state index is 13.6. The van der Waals surface area contributed by atoms with Crippen LogP contribution in [-0.4, -0.2) is 17.9 Å². The number of aryl methyl sites for hydroxylation is 1. The zero-order chi connectivity index (χ0) is 25.6. The highest BCUT2D eigenvalue weighted by Crippen LogP contribution is 2.42. The van der Waals surface area contributed by atoms with Crippen molar-refractivity contribution >= 4 is 35.3 Å². The molecule has 0 atom stereocenters. The Kier molecular flexibility index (Phi) is 8.10. The van der Waals surface area contributed by atoms with Crippen molar-refractivity contribution in [3.63, 3.8) is 0 Å². The molecule has 2 amide bonds. The average Bonchev–Trinajstić information content (AvgIpc) is 2.89. The number of nitrogens with one attached hydrogen (secondary N) is 1. The van der Waals surface area contributed by atoms with Gasteiger partial charge in [0.25, 0.3) is 11.8 Å². The van der Waals surface area contributed by atoms with E-state index in [4.69, 9.17) is 0 Å². The normalized spacial score (nSPS) is 17.7. The van der Waals surface area contributed by atoms with Gasteiger partial charge in [0.1, 0.15) is 0 Å². The van der Waals surface area contributed by atoms with Crippen molar-refractivity contribution in [2.24, 2.45) is 0 Å².